The smallest absolute Gasteiger partial charge is 0.268 e. The van der Waals surface area contributed by atoms with Gasteiger partial charge in [0.2, 0.25) is 0 Å². The molecular formula is C22H17NO3S. The first-order chi connectivity index (χ1) is 13.1. The molecule has 4 nitrogen and oxygen atoms in total. The molecule has 1 heterocycles. The van der Waals surface area contributed by atoms with Crippen LogP contribution in [0.25, 0.3) is 10.9 Å². The maximum absolute atomic E-state index is 12.9. The Morgan fingerprint density at radius 2 is 1.59 bits per heavy atom. The fraction of sp³-hybridized carbons (Fsp3) is 0.0455. The monoisotopic (exact) mass is 375 g/mol. The quantitative estimate of drug-likeness (QED) is 0.489. The van der Waals surface area contributed by atoms with Crippen molar-refractivity contribution < 1.29 is 13.2 Å². The Hall–Kier alpha value is -3.18. The summed E-state index contributed by atoms with van der Waals surface area (Å²) in [5.74, 6) is 0. The molecule has 5 heteroatoms. The van der Waals surface area contributed by atoms with Gasteiger partial charge < -0.3 is 0 Å². The fourth-order valence-corrected chi connectivity index (χ4v) is 4.60. The van der Waals surface area contributed by atoms with E-state index in [0.29, 0.717) is 17.5 Å². The minimum Gasteiger partial charge on any atom is -0.298 e. The van der Waals surface area contributed by atoms with Gasteiger partial charge in [-0.15, -0.1) is 0 Å². The number of carbonyl (C=O) groups excluding carboxylic acids is 1. The molecule has 0 saturated heterocycles. The van der Waals surface area contributed by atoms with E-state index >= 15 is 0 Å². The minimum absolute atomic E-state index is 0.256. The van der Waals surface area contributed by atoms with E-state index in [9.17, 15) is 13.2 Å². The van der Waals surface area contributed by atoms with Crippen LogP contribution in [0.2, 0.25) is 0 Å². The lowest BCUT2D eigenvalue weighted by Crippen LogP contribution is -2.11. The van der Waals surface area contributed by atoms with Crippen LogP contribution in [0.15, 0.2) is 90.0 Å². The van der Waals surface area contributed by atoms with Gasteiger partial charge in [-0.2, -0.15) is 0 Å². The molecule has 0 aliphatic carbocycles. The molecule has 0 amide bonds. The van der Waals surface area contributed by atoms with Crippen LogP contribution in [0, 0.1) is 0 Å². The zero-order valence-electron chi connectivity index (χ0n) is 14.4. The molecule has 0 saturated carbocycles. The molecular weight excluding hydrogens is 358 g/mol. The minimum atomic E-state index is -3.63. The third kappa shape index (κ3) is 3.17. The average Bonchev–Trinajstić information content (AvgIpc) is 3.13. The highest BCUT2D eigenvalue weighted by Crippen LogP contribution is 2.24. The van der Waals surface area contributed by atoms with Gasteiger partial charge in [0.25, 0.3) is 10.0 Å². The second kappa shape index (κ2) is 6.85. The predicted octanol–water partition coefficient (Wildman–Crippen LogP) is 4.28. The van der Waals surface area contributed by atoms with Crippen molar-refractivity contribution >= 4 is 27.2 Å². The standard InChI is InChI=1S/C22H17NO3S/c24-16-20-7-5-4-6-18(20)14-17-10-11-22-19(15-17)12-13-23(22)27(25,26)21-8-2-1-3-9-21/h1-13,15-16H,14H2. The number of nitrogens with zero attached hydrogens (tertiary/aromatic N) is 1. The molecule has 0 fully saturated rings. The van der Waals surface area contributed by atoms with Gasteiger partial charge in [-0.1, -0.05) is 48.5 Å². The van der Waals surface area contributed by atoms with Crippen LogP contribution < -0.4 is 0 Å². The summed E-state index contributed by atoms with van der Waals surface area (Å²) >= 11 is 0. The van der Waals surface area contributed by atoms with E-state index in [2.05, 4.69) is 0 Å². The Balaban J connectivity index is 1.73. The SMILES string of the molecule is O=Cc1ccccc1Cc1ccc2c(ccn2S(=O)(=O)c2ccccc2)c1. The normalized spacial score (nSPS) is 11.6. The van der Waals surface area contributed by atoms with Gasteiger partial charge in [-0.3, -0.25) is 4.79 Å². The molecule has 0 spiro atoms. The molecule has 4 rings (SSSR count). The second-order valence-corrected chi connectivity index (χ2v) is 8.13. The van der Waals surface area contributed by atoms with Gasteiger partial charge >= 0.3 is 0 Å². The second-order valence-electron chi connectivity index (χ2n) is 6.32. The van der Waals surface area contributed by atoms with Crippen LogP contribution in [0.3, 0.4) is 0 Å². The van der Waals surface area contributed by atoms with E-state index in [4.69, 9.17) is 0 Å². The first-order valence-electron chi connectivity index (χ1n) is 8.53. The first-order valence-corrected chi connectivity index (χ1v) is 9.97. The summed E-state index contributed by atoms with van der Waals surface area (Å²) in [6.07, 6.45) is 3.05. The number of carbonyl (C=O) groups is 1. The fourth-order valence-electron chi connectivity index (χ4n) is 3.22. The highest BCUT2D eigenvalue weighted by molar-refractivity contribution is 7.90. The van der Waals surface area contributed by atoms with Crippen LogP contribution in [-0.4, -0.2) is 18.7 Å². The van der Waals surface area contributed by atoms with Gasteiger partial charge in [0.05, 0.1) is 10.4 Å². The molecule has 1 aromatic heterocycles. The van der Waals surface area contributed by atoms with E-state index in [1.54, 1.807) is 48.7 Å². The number of benzene rings is 3. The van der Waals surface area contributed by atoms with Gasteiger partial charge in [0, 0.05) is 17.1 Å². The molecule has 0 N–H and O–H groups in total. The summed E-state index contributed by atoms with van der Waals surface area (Å²) in [5, 5.41) is 0.843. The summed E-state index contributed by atoms with van der Waals surface area (Å²) in [7, 11) is -3.63. The van der Waals surface area contributed by atoms with Crippen molar-refractivity contribution in [3.63, 3.8) is 0 Å². The van der Waals surface area contributed by atoms with Crippen LogP contribution in [0.1, 0.15) is 21.5 Å². The summed E-state index contributed by atoms with van der Waals surface area (Å²) < 4.78 is 27.1. The Morgan fingerprint density at radius 1 is 0.852 bits per heavy atom. The Morgan fingerprint density at radius 3 is 2.37 bits per heavy atom. The lowest BCUT2D eigenvalue weighted by molar-refractivity contribution is 0.112. The molecule has 27 heavy (non-hydrogen) atoms. The van der Waals surface area contributed by atoms with E-state index in [0.717, 1.165) is 22.8 Å². The van der Waals surface area contributed by atoms with Crippen molar-refractivity contribution in [2.24, 2.45) is 0 Å². The van der Waals surface area contributed by atoms with Crippen molar-refractivity contribution in [3.05, 3.63) is 102 Å². The van der Waals surface area contributed by atoms with Crippen molar-refractivity contribution in [2.45, 2.75) is 11.3 Å². The highest BCUT2D eigenvalue weighted by Gasteiger charge is 2.18. The molecule has 0 atom stereocenters. The summed E-state index contributed by atoms with van der Waals surface area (Å²) in [5.41, 5.74) is 3.27. The first kappa shape index (κ1) is 17.2. The summed E-state index contributed by atoms with van der Waals surface area (Å²) in [6.45, 7) is 0. The Labute approximate surface area is 157 Å². The number of fused-ring (bicyclic) bond motifs is 1. The molecule has 4 aromatic rings. The van der Waals surface area contributed by atoms with Crippen LogP contribution in [0.4, 0.5) is 0 Å². The third-order valence-corrected chi connectivity index (χ3v) is 6.30. The number of aldehydes is 1. The maximum atomic E-state index is 12.9. The van der Waals surface area contributed by atoms with Crippen LogP contribution in [-0.2, 0) is 16.4 Å². The van der Waals surface area contributed by atoms with Gasteiger partial charge in [0.1, 0.15) is 6.29 Å². The van der Waals surface area contributed by atoms with E-state index in [-0.39, 0.29) is 4.90 Å². The largest absolute Gasteiger partial charge is 0.298 e. The van der Waals surface area contributed by atoms with Crippen molar-refractivity contribution in [1.82, 2.24) is 3.97 Å². The average molecular weight is 375 g/mol. The topological polar surface area (TPSA) is 56.1 Å². The van der Waals surface area contributed by atoms with E-state index in [1.165, 1.54) is 3.97 Å². The highest BCUT2D eigenvalue weighted by atomic mass is 32.2. The molecule has 0 aliphatic rings. The van der Waals surface area contributed by atoms with Crippen LogP contribution >= 0.6 is 0 Å². The molecule has 0 radical (unpaired) electrons. The molecule has 0 unspecified atom stereocenters. The molecule has 0 bridgehead atoms. The van der Waals surface area contributed by atoms with Gasteiger partial charge in [-0.25, -0.2) is 12.4 Å². The number of aromatic nitrogens is 1. The number of hydrogen-bond donors (Lipinski definition) is 0. The molecule has 0 aliphatic heterocycles. The zero-order chi connectivity index (χ0) is 18.9. The number of rotatable bonds is 5. The Kier molecular flexibility index (Phi) is 4.38. The van der Waals surface area contributed by atoms with Crippen molar-refractivity contribution in [1.29, 1.82) is 0 Å². The van der Waals surface area contributed by atoms with E-state index in [1.807, 2.05) is 36.4 Å². The van der Waals surface area contributed by atoms with E-state index < -0.39 is 10.0 Å². The molecule has 134 valence electrons. The predicted molar refractivity (Wildman–Crippen MR) is 106 cm³/mol. The van der Waals surface area contributed by atoms with Crippen LogP contribution in [0.5, 0.6) is 0 Å². The maximum Gasteiger partial charge on any atom is 0.268 e. The number of hydrogen-bond acceptors (Lipinski definition) is 3. The van der Waals surface area contributed by atoms with Gasteiger partial charge in [0.15, 0.2) is 0 Å². The lowest BCUT2D eigenvalue weighted by Gasteiger charge is -2.09. The lowest BCUT2D eigenvalue weighted by atomic mass is 10.00. The zero-order valence-corrected chi connectivity index (χ0v) is 15.3. The van der Waals surface area contributed by atoms with Crippen molar-refractivity contribution in [2.75, 3.05) is 0 Å². The summed E-state index contributed by atoms with van der Waals surface area (Å²) in [4.78, 5) is 11.5. The van der Waals surface area contributed by atoms with Crippen molar-refractivity contribution in [3.8, 4) is 0 Å². The van der Waals surface area contributed by atoms with Gasteiger partial charge in [-0.05, 0) is 47.9 Å². The third-order valence-electron chi connectivity index (χ3n) is 4.60. The Bertz CT molecular complexity index is 1220. The summed E-state index contributed by atoms with van der Waals surface area (Å²) in [6, 6.07) is 23.3. The molecule has 3 aromatic carbocycles.